The number of fused-ring (bicyclic) bond motifs is 1. The second-order valence-corrected chi connectivity index (χ2v) is 8.60. The first-order valence-electron chi connectivity index (χ1n) is 12.2. The van der Waals surface area contributed by atoms with Crippen LogP contribution in [-0.2, 0) is 4.79 Å². The van der Waals surface area contributed by atoms with Gasteiger partial charge in [0, 0.05) is 37.1 Å². The summed E-state index contributed by atoms with van der Waals surface area (Å²) in [5, 5.41) is 13.6. The van der Waals surface area contributed by atoms with Gasteiger partial charge in [-0.1, -0.05) is 18.2 Å². The van der Waals surface area contributed by atoms with E-state index in [4.69, 9.17) is 24.4 Å². The number of rotatable bonds is 8. The van der Waals surface area contributed by atoms with Crippen molar-refractivity contribution in [3.63, 3.8) is 0 Å². The van der Waals surface area contributed by atoms with E-state index in [9.17, 15) is 18.0 Å². The van der Waals surface area contributed by atoms with Gasteiger partial charge in [0.05, 0.1) is 18.5 Å². The molecule has 210 valence electrons. The van der Waals surface area contributed by atoms with Gasteiger partial charge in [0.1, 0.15) is 17.8 Å². The Morgan fingerprint density at radius 1 is 1.02 bits per heavy atom. The molecule has 1 unspecified atom stereocenters. The van der Waals surface area contributed by atoms with E-state index in [1.54, 1.807) is 18.2 Å². The summed E-state index contributed by atoms with van der Waals surface area (Å²) < 4.78 is 58.3. The number of halogens is 3. The Morgan fingerprint density at radius 3 is 2.48 bits per heavy atom. The lowest BCUT2D eigenvalue weighted by Gasteiger charge is -2.28. The Bertz CT molecular complexity index is 1390. The van der Waals surface area contributed by atoms with Crippen molar-refractivity contribution in [1.29, 1.82) is 0 Å². The number of hydrogen-bond acceptors (Lipinski definition) is 8. The number of aliphatic hydroxyl groups is 1. The Labute approximate surface area is 228 Å². The summed E-state index contributed by atoms with van der Waals surface area (Å²) >= 11 is 0. The van der Waals surface area contributed by atoms with Gasteiger partial charge in [-0.15, -0.1) is 13.2 Å². The second-order valence-electron chi connectivity index (χ2n) is 8.60. The minimum atomic E-state index is -4.82. The molecular weight excluding hydrogens is 529 g/mol. The molecule has 5 rings (SSSR count). The molecular formula is C29H27F3N2O6. The fourth-order valence-corrected chi connectivity index (χ4v) is 4.32. The van der Waals surface area contributed by atoms with Gasteiger partial charge in [0.25, 0.3) is 0 Å². The molecule has 0 fully saturated rings. The lowest BCUT2D eigenvalue weighted by molar-refractivity contribution is -0.274. The number of ether oxygens (including phenoxy) is 4. The van der Waals surface area contributed by atoms with Crippen LogP contribution >= 0.6 is 0 Å². The molecule has 8 nitrogen and oxygen atoms in total. The minimum absolute atomic E-state index is 0.157. The van der Waals surface area contributed by atoms with Gasteiger partial charge in [-0.3, -0.25) is 0 Å². The molecule has 2 aliphatic rings. The number of aldehydes is 1. The first-order chi connectivity index (χ1) is 19.3. The molecule has 11 heteroatoms. The third kappa shape index (κ3) is 6.73. The fourth-order valence-electron chi connectivity index (χ4n) is 4.32. The third-order valence-electron chi connectivity index (χ3n) is 6.13. The van der Waals surface area contributed by atoms with Gasteiger partial charge < -0.3 is 28.8 Å². The lowest BCUT2D eigenvalue weighted by Crippen LogP contribution is -2.23. The summed E-state index contributed by atoms with van der Waals surface area (Å²) in [6, 6.07) is 18.4. The molecule has 2 heterocycles. The van der Waals surface area contributed by atoms with Crippen LogP contribution in [0.1, 0.15) is 29.9 Å². The predicted molar refractivity (Wildman–Crippen MR) is 143 cm³/mol. The summed E-state index contributed by atoms with van der Waals surface area (Å²) in [6.07, 6.45) is -1.45. The third-order valence-corrected chi connectivity index (χ3v) is 6.13. The van der Waals surface area contributed by atoms with E-state index in [0.717, 1.165) is 24.1 Å². The maximum Gasteiger partial charge on any atom is 0.573 e. The van der Waals surface area contributed by atoms with Crippen LogP contribution in [0.4, 0.5) is 18.9 Å². The Balaban J connectivity index is 0.00000181. The van der Waals surface area contributed by atoms with Gasteiger partial charge in [-0.25, -0.2) is 5.01 Å². The van der Waals surface area contributed by atoms with E-state index >= 15 is 0 Å². The largest absolute Gasteiger partial charge is 0.573 e. The summed E-state index contributed by atoms with van der Waals surface area (Å²) in [6.45, 7) is 0.157. The maximum absolute atomic E-state index is 12.7. The summed E-state index contributed by atoms with van der Waals surface area (Å²) in [5.74, 6) is 0.900. The highest BCUT2D eigenvalue weighted by Gasteiger charge is 2.31. The highest BCUT2D eigenvalue weighted by Crippen LogP contribution is 2.38. The number of hydrazone groups is 1. The van der Waals surface area contributed by atoms with Crippen LogP contribution in [0.25, 0.3) is 5.70 Å². The van der Waals surface area contributed by atoms with Crippen molar-refractivity contribution >= 4 is 23.4 Å². The van der Waals surface area contributed by atoms with Crippen molar-refractivity contribution in [2.75, 3.05) is 26.0 Å². The molecule has 0 radical (unpaired) electrons. The van der Waals surface area contributed by atoms with Crippen LogP contribution in [0.5, 0.6) is 23.0 Å². The molecule has 3 aromatic rings. The summed E-state index contributed by atoms with van der Waals surface area (Å²) in [5.41, 5.74) is 3.52. The van der Waals surface area contributed by atoms with Gasteiger partial charge in [0.15, 0.2) is 11.5 Å². The standard InChI is InChI=1S/C28H23F3N2O5.CH4O/c1-35-23-9-7-22(8-10-23)33-25(19-5-12-26-27(15-19)37-17-36-26)11-6-21(32-33)13-20(16-34)18-3-2-4-24(14-18)38-28(29,30)31;1-2/h2-5,7-12,14-16,20H,6,13,17H2,1H3;2H,1H3. The van der Waals surface area contributed by atoms with Crippen LogP contribution in [0, 0.1) is 0 Å². The van der Waals surface area contributed by atoms with Crippen molar-refractivity contribution in [2.45, 2.75) is 25.1 Å². The first-order valence-corrected chi connectivity index (χ1v) is 12.2. The fraction of sp³-hybridized carbons (Fsp3) is 0.241. The van der Waals surface area contributed by atoms with Crippen molar-refractivity contribution in [3.8, 4) is 23.0 Å². The van der Waals surface area contributed by atoms with E-state index in [-0.39, 0.29) is 19.0 Å². The predicted octanol–water partition coefficient (Wildman–Crippen LogP) is 5.91. The Hall–Kier alpha value is -4.51. The number of allylic oxidation sites excluding steroid dienone is 1. The maximum atomic E-state index is 12.7. The van der Waals surface area contributed by atoms with Crippen molar-refractivity contribution < 1.29 is 42.0 Å². The number of anilines is 1. The minimum Gasteiger partial charge on any atom is -0.497 e. The van der Waals surface area contributed by atoms with E-state index < -0.39 is 12.3 Å². The zero-order valence-corrected chi connectivity index (χ0v) is 21.7. The second kappa shape index (κ2) is 12.6. The molecule has 2 aliphatic heterocycles. The topological polar surface area (TPSA) is 89.8 Å². The highest BCUT2D eigenvalue weighted by molar-refractivity contribution is 5.96. The zero-order chi connectivity index (χ0) is 28.7. The first kappa shape index (κ1) is 28.5. The molecule has 1 atom stereocenters. The van der Waals surface area contributed by atoms with E-state index in [1.807, 2.05) is 48.5 Å². The summed E-state index contributed by atoms with van der Waals surface area (Å²) in [4.78, 5) is 12.0. The molecule has 0 spiro atoms. The number of nitrogens with zero attached hydrogens (tertiary/aromatic N) is 2. The molecule has 0 amide bonds. The Morgan fingerprint density at radius 2 is 1.77 bits per heavy atom. The zero-order valence-electron chi connectivity index (χ0n) is 21.7. The van der Waals surface area contributed by atoms with E-state index in [2.05, 4.69) is 4.74 Å². The van der Waals surface area contributed by atoms with Gasteiger partial charge in [0.2, 0.25) is 6.79 Å². The number of alkyl halides is 3. The number of benzene rings is 3. The molecule has 0 saturated carbocycles. The summed E-state index contributed by atoms with van der Waals surface area (Å²) in [7, 11) is 2.58. The number of aliphatic hydroxyl groups excluding tert-OH is 1. The highest BCUT2D eigenvalue weighted by atomic mass is 19.4. The number of hydrogen-bond donors (Lipinski definition) is 1. The van der Waals surface area contributed by atoms with Gasteiger partial charge >= 0.3 is 6.36 Å². The lowest BCUT2D eigenvalue weighted by atomic mass is 9.93. The quantitative estimate of drug-likeness (QED) is 0.345. The molecule has 3 aromatic carbocycles. The van der Waals surface area contributed by atoms with Crippen molar-refractivity contribution in [3.05, 3.63) is 83.9 Å². The van der Waals surface area contributed by atoms with Crippen LogP contribution < -0.4 is 24.0 Å². The normalized spacial score (nSPS) is 14.8. The van der Waals surface area contributed by atoms with E-state index in [1.165, 1.54) is 18.2 Å². The molecule has 0 aliphatic carbocycles. The van der Waals surface area contributed by atoms with Crippen molar-refractivity contribution in [2.24, 2.45) is 5.10 Å². The molecule has 1 N–H and O–H groups in total. The van der Waals surface area contributed by atoms with Gasteiger partial charge in [-0.05, 0) is 60.2 Å². The number of carbonyl (C=O) groups excluding carboxylic acids is 1. The van der Waals surface area contributed by atoms with Gasteiger partial charge in [-0.2, -0.15) is 5.10 Å². The molecule has 40 heavy (non-hydrogen) atoms. The number of carbonyl (C=O) groups is 1. The average molecular weight is 557 g/mol. The van der Waals surface area contributed by atoms with Crippen molar-refractivity contribution in [1.82, 2.24) is 0 Å². The van der Waals surface area contributed by atoms with Crippen LogP contribution in [0.15, 0.2) is 77.9 Å². The SMILES string of the molecule is CO.COc1ccc(N2N=C(CC(C=O)c3cccc(OC(F)(F)F)c3)CC=C2c2ccc3c(c2)OCO3)cc1. The van der Waals surface area contributed by atoms with Crippen LogP contribution in [0.2, 0.25) is 0 Å². The monoisotopic (exact) mass is 556 g/mol. The van der Waals surface area contributed by atoms with E-state index in [0.29, 0.717) is 41.2 Å². The van der Waals surface area contributed by atoms with Crippen LogP contribution in [0.3, 0.4) is 0 Å². The number of methoxy groups -OCH3 is 1. The molecule has 0 bridgehead atoms. The molecule has 0 aromatic heterocycles. The average Bonchev–Trinajstić information content (AvgIpc) is 3.44. The Kier molecular flexibility index (Phi) is 8.95. The van der Waals surface area contributed by atoms with Crippen LogP contribution in [-0.4, -0.2) is 44.5 Å². The molecule has 0 saturated heterocycles. The smallest absolute Gasteiger partial charge is 0.497 e.